The van der Waals surface area contributed by atoms with Crippen LogP contribution in [0, 0.1) is 0 Å². The van der Waals surface area contributed by atoms with Gasteiger partial charge in [0.1, 0.15) is 0 Å². The Balaban J connectivity index is 1.70. The van der Waals surface area contributed by atoms with Crippen LogP contribution in [-0.2, 0) is 6.54 Å². The van der Waals surface area contributed by atoms with Gasteiger partial charge in [0.05, 0.1) is 12.2 Å². The quantitative estimate of drug-likeness (QED) is 0.397. The minimum atomic E-state index is -1.30. The van der Waals surface area contributed by atoms with Crippen LogP contribution in [-0.4, -0.2) is 31.9 Å². The highest BCUT2D eigenvalue weighted by Gasteiger charge is 2.28. The maximum atomic E-state index is 13.4. The minimum absolute atomic E-state index is 0.213. The van der Waals surface area contributed by atoms with Crippen LogP contribution >= 0.6 is 22.7 Å². The van der Waals surface area contributed by atoms with Gasteiger partial charge in [0.25, 0.3) is 5.91 Å². The zero-order valence-corrected chi connectivity index (χ0v) is 19.1. The summed E-state index contributed by atoms with van der Waals surface area (Å²) < 4.78 is 0. The second-order valence-electron chi connectivity index (χ2n) is 7.32. The Kier molecular flexibility index (Phi) is 6.38. The second kappa shape index (κ2) is 9.37. The Morgan fingerprint density at radius 2 is 1.75 bits per heavy atom. The molecule has 0 saturated carbocycles. The van der Waals surface area contributed by atoms with Crippen LogP contribution in [0.3, 0.4) is 0 Å². The first kappa shape index (κ1) is 21.8. The lowest BCUT2D eigenvalue weighted by Crippen LogP contribution is -2.32. The first-order valence-electron chi connectivity index (χ1n) is 9.88. The molecule has 1 amide bonds. The summed E-state index contributed by atoms with van der Waals surface area (Å²) in [5.41, 5.74) is 2.35. The summed E-state index contributed by atoms with van der Waals surface area (Å²) in [6.07, 6.45) is 2.57. The number of thiazole rings is 1. The molecule has 0 aliphatic carbocycles. The Morgan fingerprint density at radius 1 is 1.03 bits per heavy atom. The Morgan fingerprint density at radius 3 is 2.38 bits per heavy atom. The van der Waals surface area contributed by atoms with Gasteiger partial charge >= 0.3 is 5.97 Å². The van der Waals surface area contributed by atoms with Crippen LogP contribution in [0.2, 0.25) is 0 Å². The molecule has 162 valence electrons. The number of rotatable bonds is 7. The lowest BCUT2D eigenvalue weighted by atomic mass is 10.0. The lowest BCUT2D eigenvalue weighted by Gasteiger charge is -2.19. The molecule has 0 radical (unpaired) electrons. The number of aromatic carboxylic acids is 1. The fourth-order valence-electron chi connectivity index (χ4n) is 3.12. The summed E-state index contributed by atoms with van der Waals surface area (Å²) in [7, 11) is 0. The Labute approximate surface area is 193 Å². The molecule has 0 atom stereocenters. The van der Waals surface area contributed by atoms with Crippen LogP contribution in [0.4, 0.5) is 5.13 Å². The van der Waals surface area contributed by atoms with E-state index >= 15 is 0 Å². The molecule has 3 heterocycles. The van der Waals surface area contributed by atoms with Crippen molar-refractivity contribution in [1.29, 1.82) is 0 Å². The molecule has 9 heteroatoms. The molecule has 4 aromatic rings. The monoisotopic (exact) mass is 464 g/mol. The minimum Gasteiger partial charge on any atom is -0.476 e. The van der Waals surface area contributed by atoms with E-state index in [2.05, 4.69) is 40.9 Å². The number of aromatic nitrogens is 3. The molecule has 0 unspecified atom stereocenters. The number of nitrogens with zero attached hydrogens (tertiary/aromatic N) is 4. The van der Waals surface area contributed by atoms with Crippen LogP contribution < -0.4 is 4.90 Å². The third-order valence-corrected chi connectivity index (χ3v) is 6.56. The van der Waals surface area contributed by atoms with Gasteiger partial charge in [0, 0.05) is 28.2 Å². The van der Waals surface area contributed by atoms with E-state index in [0.29, 0.717) is 11.0 Å². The highest BCUT2D eigenvalue weighted by Crippen LogP contribution is 2.31. The highest BCUT2D eigenvalue weighted by molar-refractivity contribution is 7.14. The third kappa shape index (κ3) is 4.58. The van der Waals surface area contributed by atoms with E-state index in [9.17, 15) is 14.7 Å². The van der Waals surface area contributed by atoms with E-state index in [-0.39, 0.29) is 17.9 Å². The van der Waals surface area contributed by atoms with Gasteiger partial charge in [-0.15, -0.1) is 22.7 Å². The third-order valence-electron chi connectivity index (χ3n) is 4.84. The summed E-state index contributed by atoms with van der Waals surface area (Å²) in [6, 6.07) is 12.0. The van der Waals surface area contributed by atoms with Crippen LogP contribution in [0.1, 0.15) is 51.2 Å². The molecular weight excluding hydrogens is 444 g/mol. The van der Waals surface area contributed by atoms with Crippen LogP contribution in [0.25, 0.3) is 11.3 Å². The number of benzene rings is 1. The summed E-state index contributed by atoms with van der Waals surface area (Å²) in [4.78, 5) is 39.9. The van der Waals surface area contributed by atoms with Crippen LogP contribution in [0.5, 0.6) is 0 Å². The van der Waals surface area contributed by atoms with E-state index < -0.39 is 11.9 Å². The SMILES string of the molecule is CC(C)c1ccc(-c2csc(N(Cc3cccs3)C(=O)c3nccnc3C(=O)O)n2)cc1. The van der Waals surface area contributed by atoms with Gasteiger partial charge in [-0.3, -0.25) is 9.69 Å². The molecule has 0 aliphatic heterocycles. The molecular formula is C23H20N4O3S2. The normalized spacial score (nSPS) is 11.0. The van der Waals surface area contributed by atoms with E-state index in [0.717, 1.165) is 16.1 Å². The molecule has 4 rings (SSSR count). The van der Waals surface area contributed by atoms with E-state index in [1.54, 1.807) is 0 Å². The summed E-state index contributed by atoms with van der Waals surface area (Å²) in [6.45, 7) is 4.54. The number of hydrogen-bond acceptors (Lipinski definition) is 7. The maximum Gasteiger partial charge on any atom is 0.356 e. The largest absolute Gasteiger partial charge is 0.476 e. The number of anilines is 1. The zero-order chi connectivity index (χ0) is 22.7. The highest BCUT2D eigenvalue weighted by atomic mass is 32.1. The number of carboxylic acid groups (broad SMARTS) is 1. The van der Waals surface area contributed by atoms with Crippen molar-refractivity contribution in [3.8, 4) is 11.3 Å². The van der Waals surface area contributed by atoms with E-state index in [1.807, 2.05) is 35.0 Å². The molecule has 32 heavy (non-hydrogen) atoms. The zero-order valence-electron chi connectivity index (χ0n) is 17.4. The Bertz CT molecular complexity index is 1230. The molecule has 0 fully saturated rings. The fourth-order valence-corrected chi connectivity index (χ4v) is 4.65. The molecule has 7 nitrogen and oxygen atoms in total. The smallest absolute Gasteiger partial charge is 0.356 e. The fraction of sp³-hybridized carbons (Fsp3) is 0.174. The first-order chi connectivity index (χ1) is 15.4. The number of carbonyl (C=O) groups is 2. The molecule has 1 aromatic carbocycles. The van der Waals surface area contributed by atoms with Gasteiger partial charge < -0.3 is 5.11 Å². The summed E-state index contributed by atoms with van der Waals surface area (Å²) in [5, 5.41) is 13.7. The van der Waals surface area contributed by atoms with Crippen molar-refractivity contribution >= 4 is 39.7 Å². The van der Waals surface area contributed by atoms with Crippen molar-refractivity contribution < 1.29 is 14.7 Å². The van der Waals surface area contributed by atoms with Gasteiger partial charge in [-0.25, -0.2) is 19.7 Å². The van der Waals surface area contributed by atoms with Crippen molar-refractivity contribution in [3.63, 3.8) is 0 Å². The Hall–Kier alpha value is -3.43. The van der Waals surface area contributed by atoms with E-state index in [1.165, 1.54) is 45.5 Å². The first-order valence-corrected chi connectivity index (χ1v) is 11.6. The van der Waals surface area contributed by atoms with Crippen molar-refractivity contribution in [2.45, 2.75) is 26.3 Å². The number of carboxylic acids is 1. The van der Waals surface area contributed by atoms with Gasteiger partial charge in [0.2, 0.25) is 0 Å². The van der Waals surface area contributed by atoms with E-state index in [4.69, 9.17) is 0 Å². The standard InChI is InChI=1S/C23H20N4O3S2/c1-14(2)15-5-7-16(8-6-15)18-13-32-23(26-18)27(12-17-4-3-11-31-17)21(28)19-20(22(29)30)25-10-9-24-19/h3-11,13-14H,12H2,1-2H3,(H,29,30). The van der Waals surface area contributed by atoms with Gasteiger partial charge in [-0.1, -0.05) is 44.2 Å². The molecule has 0 spiro atoms. The second-order valence-corrected chi connectivity index (χ2v) is 9.19. The number of thiophene rings is 1. The van der Waals surface area contributed by atoms with Crippen LogP contribution in [0.15, 0.2) is 59.6 Å². The predicted molar refractivity (Wildman–Crippen MR) is 125 cm³/mol. The van der Waals surface area contributed by atoms with Crippen molar-refractivity contribution in [2.75, 3.05) is 4.90 Å². The number of amides is 1. The van der Waals surface area contributed by atoms with Crippen molar-refractivity contribution in [2.24, 2.45) is 0 Å². The van der Waals surface area contributed by atoms with Gasteiger partial charge in [-0.05, 0) is 22.9 Å². The van der Waals surface area contributed by atoms with Crippen molar-refractivity contribution in [3.05, 3.63) is 81.4 Å². The number of hydrogen-bond donors (Lipinski definition) is 1. The average molecular weight is 465 g/mol. The summed E-state index contributed by atoms with van der Waals surface area (Å²) in [5.74, 6) is -1.42. The number of carbonyl (C=O) groups excluding carboxylic acids is 1. The molecule has 0 bridgehead atoms. The van der Waals surface area contributed by atoms with Crippen molar-refractivity contribution in [1.82, 2.24) is 15.0 Å². The molecule has 0 saturated heterocycles. The average Bonchev–Trinajstić information content (AvgIpc) is 3.49. The predicted octanol–water partition coefficient (Wildman–Crippen LogP) is 5.33. The van der Waals surface area contributed by atoms with Gasteiger partial charge in [-0.2, -0.15) is 0 Å². The topological polar surface area (TPSA) is 96.3 Å². The lowest BCUT2D eigenvalue weighted by molar-refractivity contribution is 0.0684. The molecule has 1 N–H and O–H groups in total. The molecule has 3 aromatic heterocycles. The van der Waals surface area contributed by atoms with Gasteiger partial charge in [0.15, 0.2) is 16.5 Å². The maximum absolute atomic E-state index is 13.4. The molecule has 0 aliphatic rings. The summed E-state index contributed by atoms with van der Waals surface area (Å²) >= 11 is 2.83.